The lowest BCUT2D eigenvalue weighted by Crippen LogP contribution is -2.41. The summed E-state index contributed by atoms with van der Waals surface area (Å²) in [6.07, 6.45) is 2.66. The standard InChI is InChI=1S/C13H19NO4/c1-7(2)18-13-9-5-4-6-10(16)11(9)12(17)14(13)8(3)15/h4,6-7,9-11,13,16H,5H2,1-3H3/t9-,10+,11-,13+/m0/s1. The fourth-order valence-electron chi connectivity index (χ4n) is 2.77. The fourth-order valence-corrected chi connectivity index (χ4v) is 2.77. The van der Waals surface area contributed by atoms with Gasteiger partial charge in [-0.3, -0.25) is 14.5 Å². The molecule has 0 aromatic carbocycles. The number of carbonyl (C=O) groups is 2. The van der Waals surface area contributed by atoms with Crippen LogP contribution < -0.4 is 0 Å². The first kappa shape index (κ1) is 13.2. The minimum atomic E-state index is -0.820. The summed E-state index contributed by atoms with van der Waals surface area (Å²) in [4.78, 5) is 25.0. The van der Waals surface area contributed by atoms with Gasteiger partial charge in [0, 0.05) is 12.8 Å². The number of rotatable bonds is 2. The van der Waals surface area contributed by atoms with Crippen LogP contribution in [0.5, 0.6) is 0 Å². The zero-order valence-electron chi connectivity index (χ0n) is 10.9. The van der Waals surface area contributed by atoms with Crippen LogP contribution >= 0.6 is 0 Å². The molecule has 1 aliphatic heterocycles. The van der Waals surface area contributed by atoms with Gasteiger partial charge in [-0.15, -0.1) is 0 Å². The smallest absolute Gasteiger partial charge is 0.237 e. The minimum Gasteiger partial charge on any atom is -0.388 e. The van der Waals surface area contributed by atoms with Gasteiger partial charge in [0.15, 0.2) is 0 Å². The Kier molecular flexibility index (Phi) is 3.54. The second-order valence-corrected chi connectivity index (χ2v) is 5.15. The van der Waals surface area contributed by atoms with Crippen LogP contribution in [0.2, 0.25) is 0 Å². The summed E-state index contributed by atoms with van der Waals surface area (Å²) in [5.41, 5.74) is 0. The number of allylic oxidation sites excluding steroid dienone is 1. The molecule has 4 atom stereocenters. The molecule has 1 aliphatic carbocycles. The lowest BCUT2D eigenvalue weighted by molar-refractivity contribution is -0.157. The monoisotopic (exact) mass is 253 g/mol. The van der Waals surface area contributed by atoms with Crippen molar-refractivity contribution in [2.75, 3.05) is 0 Å². The Bertz CT molecular complexity index is 390. The van der Waals surface area contributed by atoms with Gasteiger partial charge in [0.25, 0.3) is 0 Å². The zero-order valence-corrected chi connectivity index (χ0v) is 10.9. The lowest BCUT2D eigenvalue weighted by atomic mass is 9.82. The third-order valence-electron chi connectivity index (χ3n) is 3.46. The Morgan fingerprint density at radius 3 is 2.78 bits per heavy atom. The molecule has 0 radical (unpaired) electrons. The molecular formula is C13H19NO4. The first-order chi connectivity index (χ1) is 8.43. The van der Waals surface area contributed by atoms with Crippen molar-refractivity contribution in [2.24, 2.45) is 11.8 Å². The van der Waals surface area contributed by atoms with E-state index in [1.165, 1.54) is 6.92 Å². The highest BCUT2D eigenvalue weighted by Gasteiger charge is 2.53. The van der Waals surface area contributed by atoms with Gasteiger partial charge in [-0.1, -0.05) is 12.2 Å². The molecule has 1 heterocycles. The molecule has 1 fully saturated rings. The fraction of sp³-hybridized carbons (Fsp3) is 0.692. The molecule has 2 aliphatic rings. The van der Waals surface area contributed by atoms with Crippen LogP contribution in [0.25, 0.3) is 0 Å². The maximum atomic E-state index is 12.2. The second kappa shape index (κ2) is 4.82. The molecule has 100 valence electrons. The van der Waals surface area contributed by atoms with E-state index in [0.29, 0.717) is 6.42 Å². The van der Waals surface area contributed by atoms with Crippen molar-refractivity contribution in [2.45, 2.75) is 45.6 Å². The molecule has 0 saturated carbocycles. The SMILES string of the molecule is CC(=O)N1C(=O)[C@H]2[C@H](CC=C[C@H]2O)[C@H]1OC(C)C. The van der Waals surface area contributed by atoms with E-state index in [0.717, 1.165) is 4.90 Å². The van der Waals surface area contributed by atoms with Crippen LogP contribution in [0.1, 0.15) is 27.2 Å². The molecule has 2 amide bonds. The van der Waals surface area contributed by atoms with E-state index in [1.807, 2.05) is 19.9 Å². The molecule has 0 aromatic heterocycles. The Morgan fingerprint density at radius 2 is 2.22 bits per heavy atom. The average molecular weight is 253 g/mol. The maximum absolute atomic E-state index is 12.2. The van der Waals surface area contributed by atoms with Gasteiger partial charge in [-0.05, 0) is 20.3 Å². The van der Waals surface area contributed by atoms with E-state index in [9.17, 15) is 14.7 Å². The molecule has 2 rings (SSSR count). The van der Waals surface area contributed by atoms with E-state index in [-0.39, 0.29) is 23.8 Å². The van der Waals surface area contributed by atoms with Crippen molar-refractivity contribution in [1.82, 2.24) is 4.90 Å². The largest absolute Gasteiger partial charge is 0.388 e. The topological polar surface area (TPSA) is 66.8 Å². The van der Waals surface area contributed by atoms with Gasteiger partial charge in [0.2, 0.25) is 11.8 Å². The van der Waals surface area contributed by atoms with Crippen LogP contribution in [-0.2, 0) is 14.3 Å². The second-order valence-electron chi connectivity index (χ2n) is 5.15. The van der Waals surface area contributed by atoms with Crippen molar-refractivity contribution in [3.63, 3.8) is 0 Å². The quantitative estimate of drug-likeness (QED) is 0.735. The van der Waals surface area contributed by atoms with Crippen LogP contribution in [0.15, 0.2) is 12.2 Å². The van der Waals surface area contributed by atoms with Gasteiger partial charge < -0.3 is 9.84 Å². The number of hydrogen-bond donors (Lipinski definition) is 1. The van der Waals surface area contributed by atoms with Crippen LogP contribution in [-0.4, -0.2) is 40.3 Å². The Hall–Kier alpha value is -1.20. The highest BCUT2D eigenvalue weighted by molar-refractivity contribution is 5.98. The molecule has 18 heavy (non-hydrogen) atoms. The first-order valence-electron chi connectivity index (χ1n) is 6.27. The summed E-state index contributed by atoms with van der Waals surface area (Å²) in [6.45, 7) is 5.09. The number of ether oxygens (including phenoxy) is 1. The number of aliphatic hydroxyl groups is 1. The van der Waals surface area contributed by atoms with Crippen molar-refractivity contribution in [3.05, 3.63) is 12.2 Å². The summed E-state index contributed by atoms with van der Waals surface area (Å²) < 4.78 is 5.71. The Balaban J connectivity index is 2.32. The predicted octanol–water partition coefficient (Wildman–Crippen LogP) is 0.679. The molecule has 0 aromatic rings. The summed E-state index contributed by atoms with van der Waals surface area (Å²) in [7, 11) is 0. The highest BCUT2D eigenvalue weighted by atomic mass is 16.5. The molecule has 1 saturated heterocycles. The zero-order chi connectivity index (χ0) is 13.4. The van der Waals surface area contributed by atoms with E-state index in [4.69, 9.17) is 4.74 Å². The number of nitrogens with zero attached hydrogens (tertiary/aromatic N) is 1. The molecule has 0 bridgehead atoms. The minimum absolute atomic E-state index is 0.0774. The van der Waals surface area contributed by atoms with Gasteiger partial charge >= 0.3 is 0 Å². The Morgan fingerprint density at radius 1 is 1.56 bits per heavy atom. The van der Waals surface area contributed by atoms with Gasteiger partial charge in [-0.2, -0.15) is 0 Å². The normalized spacial score (nSPS) is 35.2. The number of likely N-dealkylation sites (tertiary alicyclic amines) is 1. The molecular weight excluding hydrogens is 234 g/mol. The third kappa shape index (κ3) is 2.08. The van der Waals surface area contributed by atoms with Crippen molar-refractivity contribution in [3.8, 4) is 0 Å². The molecule has 0 unspecified atom stereocenters. The molecule has 5 heteroatoms. The number of carbonyl (C=O) groups excluding carboxylic acids is 2. The first-order valence-corrected chi connectivity index (χ1v) is 6.27. The van der Waals surface area contributed by atoms with Crippen molar-refractivity contribution >= 4 is 11.8 Å². The number of imide groups is 1. The van der Waals surface area contributed by atoms with Crippen LogP contribution in [0.3, 0.4) is 0 Å². The van der Waals surface area contributed by atoms with Crippen molar-refractivity contribution < 1.29 is 19.4 Å². The van der Waals surface area contributed by atoms with Gasteiger partial charge in [-0.25, -0.2) is 0 Å². The van der Waals surface area contributed by atoms with E-state index >= 15 is 0 Å². The molecule has 1 N–H and O–H groups in total. The van der Waals surface area contributed by atoms with E-state index in [2.05, 4.69) is 0 Å². The number of hydrogen-bond acceptors (Lipinski definition) is 4. The van der Waals surface area contributed by atoms with Crippen LogP contribution in [0, 0.1) is 11.8 Å². The number of fused-ring (bicyclic) bond motifs is 1. The summed E-state index contributed by atoms with van der Waals surface area (Å²) in [5, 5.41) is 9.90. The maximum Gasteiger partial charge on any atom is 0.237 e. The summed E-state index contributed by atoms with van der Waals surface area (Å²) >= 11 is 0. The summed E-state index contributed by atoms with van der Waals surface area (Å²) in [5.74, 6) is -1.35. The number of aliphatic hydroxyl groups excluding tert-OH is 1. The average Bonchev–Trinajstić information content (AvgIpc) is 2.52. The van der Waals surface area contributed by atoms with E-state index < -0.39 is 18.2 Å². The lowest BCUT2D eigenvalue weighted by Gasteiger charge is -2.29. The van der Waals surface area contributed by atoms with Gasteiger partial charge in [0.1, 0.15) is 6.23 Å². The predicted molar refractivity (Wildman–Crippen MR) is 64.3 cm³/mol. The molecule has 5 nitrogen and oxygen atoms in total. The van der Waals surface area contributed by atoms with E-state index in [1.54, 1.807) is 6.08 Å². The van der Waals surface area contributed by atoms with Crippen molar-refractivity contribution in [1.29, 1.82) is 0 Å². The third-order valence-corrected chi connectivity index (χ3v) is 3.46. The van der Waals surface area contributed by atoms with Crippen LogP contribution in [0.4, 0.5) is 0 Å². The van der Waals surface area contributed by atoms with Gasteiger partial charge in [0.05, 0.1) is 18.1 Å². The Labute approximate surface area is 106 Å². The summed E-state index contributed by atoms with van der Waals surface area (Å²) in [6, 6.07) is 0. The highest BCUT2D eigenvalue weighted by Crippen LogP contribution is 2.39. The molecule has 0 spiro atoms. The number of amides is 2.